The van der Waals surface area contributed by atoms with Gasteiger partial charge in [0.15, 0.2) is 0 Å². The van der Waals surface area contributed by atoms with Crippen LogP contribution in [0, 0.1) is 0 Å². The number of amides is 1. The quantitative estimate of drug-likeness (QED) is 0.757. The van der Waals surface area contributed by atoms with Gasteiger partial charge in [0.2, 0.25) is 5.91 Å². The zero-order valence-corrected chi connectivity index (χ0v) is 11.1. The monoisotopic (exact) mass is 251 g/mol. The second-order valence-electron chi connectivity index (χ2n) is 5.42. The first-order valence-electron chi connectivity index (χ1n) is 6.03. The van der Waals surface area contributed by atoms with Crippen LogP contribution in [0.2, 0.25) is 0 Å². The summed E-state index contributed by atoms with van der Waals surface area (Å²) in [4.78, 5) is 11.7. The van der Waals surface area contributed by atoms with Gasteiger partial charge >= 0.3 is 0 Å². The fourth-order valence-corrected chi connectivity index (χ4v) is 1.58. The molecule has 18 heavy (non-hydrogen) atoms. The number of nitrogens with one attached hydrogen (secondary N) is 1. The average Bonchev–Trinajstić information content (AvgIpc) is 2.27. The smallest absolute Gasteiger partial charge is 0.249 e. The van der Waals surface area contributed by atoms with Crippen molar-refractivity contribution in [3.63, 3.8) is 0 Å². The van der Waals surface area contributed by atoms with Crippen LogP contribution < -0.4 is 5.32 Å². The standard InChI is InChI=1S/C14H21NO3/c1-14(2,3)15-13(18)12(17)9-11(16)10-7-5-4-6-8-10/h4-8,11-12,16-17H,9H2,1-3H3,(H,15,18)/t11-,12?/m1/s1. The first kappa shape index (κ1) is 14.7. The van der Waals surface area contributed by atoms with Crippen molar-refractivity contribution in [3.8, 4) is 0 Å². The Balaban J connectivity index is 2.55. The van der Waals surface area contributed by atoms with Gasteiger partial charge in [-0.25, -0.2) is 0 Å². The summed E-state index contributed by atoms with van der Waals surface area (Å²) in [5.41, 5.74) is 0.301. The summed E-state index contributed by atoms with van der Waals surface area (Å²) < 4.78 is 0. The van der Waals surface area contributed by atoms with Gasteiger partial charge in [0.1, 0.15) is 6.10 Å². The Hall–Kier alpha value is -1.39. The highest BCUT2D eigenvalue weighted by molar-refractivity contribution is 5.81. The van der Waals surface area contributed by atoms with E-state index in [2.05, 4.69) is 5.32 Å². The minimum atomic E-state index is -1.21. The molecule has 100 valence electrons. The van der Waals surface area contributed by atoms with Crippen LogP contribution in [0.15, 0.2) is 30.3 Å². The average molecular weight is 251 g/mol. The molecule has 0 radical (unpaired) electrons. The second kappa shape index (κ2) is 5.98. The summed E-state index contributed by atoms with van der Waals surface area (Å²) in [5.74, 6) is -0.461. The molecular formula is C14H21NO3. The Morgan fingerprint density at radius 1 is 1.22 bits per heavy atom. The van der Waals surface area contributed by atoms with Crippen molar-refractivity contribution in [2.45, 2.75) is 44.9 Å². The van der Waals surface area contributed by atoms with Crippen molar-refractivity contribution in [1.29, 1.82) is 0 Å². The van der Waals surface area contributed by atoms with Crippen LogP contribution in [-0.2, 0) is 4.79 Å². The zero-order valence-electron chi connectivity index (χ0n) is 11.1. The van der Waals surface area contributed by atoms with Crippen molar-refractivity contribution in [3.05, 3.63) is 35.9 Å². The van der Waals surface area contributed by atoms with Crippen molar-refractivity contribution in [1.82, 2.24) is 5.32 Å². The molecule has 0 heterocycles. The van der Waals surface area contributed by atoms with Gasteiger partial charge in [-0.15, -0.1) is 0 Å². The van der Waals surface area contributed by atoms with Crippen LogP contribution in [-0.4, -0.2) is 27.8 Å². The summed E-state index contributed by atoms with van der Waals surface area (Å²) >= 11 is 0. The molecule has 1 aromatic carbocycles. The first-order chi connectivity index (χ1) is 8.29. The number of carbonyl (C=O) groups is 1. The maximum Gasteiger partial charge on any atom is 0.249 e. The van der Waals surface area contributed by atoms with Gasteiger partial charge in [-0.2, -0.15) is 0 Å². The largest absolute Gasteiger partial charge is 0.388 e. The van der Waals surface area contributed by atoms with E-state index in [1.807, 2.05) is 26.8 Å². The molecule has 0 fully saturated rings. The summed E-state index contributed by atoms with van der Waals surface area (Å²) in [6.45, 7) is 5.52. The number of rotatable bonds is 4. The molecule has 4 nitrogen and oxygen atoms in total. The van der Waals surface area contributed by atoms with Gasteiger partial charge in [-0.3, -0.25) is 4.79 Å². The molecule has 0 aliphatic carbocycles. The molecule has 4 heteroatoms. The van der Waals surface area contributed by atoms with E-state index >= 15 is 0 Å². The van der Waals surface area contributed by atoms with Gasteiger partial charge in [0, 0.05) is 12.0 Å². The maximum atomic E-state index is 11.7. The molecule has 0 saturated carbocycles. The molecule has 0 spiro atoms. The number of aliphatic hydroxyl groups is 2. The first-order valence-corrected chi connectivity index (χ1v) is 6.03. The third kappa shape index (κ3) is 4.85. The molecule has 0 aromatic heterocycles. The second-order valence-corrected chi connectivity index (χ2v) is 5.42. The molecule has 0 saturated heterocycles. The minimum absolute atomic E-state index is 0.00801. The minimum Gasteiger partial charge on any atom is -0.388 e. The molecule has 1 amide bonds. The van der Waals surface area contributed by atoms with Crippen LogP contribution in [0.4, 0.5) is 0 Å². The molecule has 1 unspecified atom stereocenters. The van der Waals surface area contributed by atoms with Crippen LogP contribution in [0.25, 0.3) is 0 Å². The van der Waals surface area contributed by atoms with E-state index in [1.165, 1.54) is 0 Å². The van der Waals surface area contributed by atoms with E-state index in [-0.39, 0.29) is 6.42 Å². The van der Waals surface area contributed by atoms with Gasteiger partial charge in [0.05, 0.1) is 6.10 Å². The van der Waals surface area contributed by atoms with E-state index in [9.17, 15) is 15.0 Å². The Morgan fingerprint density at radius 3 is 2.28 bits per heavy atom. The Kier molecular flexibility index (Phi) is 4.87. The van der Waals surface area contributed by atoms with Crippen molar-refractivity contribution in [2.24, 2.45) is 0 Å². The van der Waals surface area contributed by atoms with E-state index in [1.54, 1.807) is 24.3 Å². The SMILES string of the molecule is CC(C)(C)NC(=O)C(O)C[C@@H](O)c1ccccc1. The number of benzene rings is 1. The molecule has 1 rings (SSSR count). The lowest BCUT2D eigenvalue weighted by atomic mass is 10.0. The zero-order chi connectivity index (χ0) is 13.8. The predicted octanol–water partition coefficient (Wildman–Crippen LogP) is 1.39. The molecule has 0 aliphatic rings. The lowest BCUT2D eigenvalue weighted by molar-refractivity contribution is -0.132. The fourth-order valence-electron chi connectivity index (χ4n) is 1.58. The van der Waals surface area contributed by atoms with Crippen LogP contribution in [0.1, 0.15) is 38.9 Å². The molecule has 0 bridgehead atoms. The molecular weight excluding hydrogens is 230 g/mol. The summed E-state index contributed by atoms with van der Waals surface area (Å²) in [6, 6.07) is 8.98. The fraction of sp³-hybridized carbons (Fsp3) is 0.500. The number of carbonyl (C=O) groups excluding carboxylic acids is 1. The van der Waals surface area contributed by atoms with Crippen molar-refractivity contribution >= 4 is 5.91 Å². The summed E-state index contributed by atoms with van der Waals surface area (Å²) in [6.07, 6.45) is -2.06. The van der Waals surface area contributed by atoms with E-state index in [0.29, 0.717) is 5.56 Å². The van der Waals surface area contributed by atoms with E-state index in [4.69, 9.17) is 0 Å². The number of hydrogen-bond donors (Lipinski definition) is 3. The Labute approximate surface area is 108 Å². The highest BCUT2D eigenvalue weighted by Gasteiger charge is 2.23. The third-order valence-electron chi connectivity index (χ3n) is 2.43. The highest BCUT2D eigenvalue weighted by Crippen LogP contribution is 2.18. The maximum absolute atomic E-state index is 11.7. The normalized spacial score (nSPS) is 14.9. The van der Waals surface area contributed by atoms with Crippen LogP contribution in [0.3, 0.4) is 0 Å². The van der Waals surface area contributed by atoms with Gasteiger partial charge in [0.25, 0.3) is 0 Å². The summed E-state index contributed by atoms with van der Waals surface area (Å²) in [7, 11) is 0. The summed E-state index contributed by atoms with van der Waals surface area (Å²) in [5, 5.41) is 22.3. The van der Waals surface area contributed by atoms with Crippen LogP contribution in [0.5, 0.6) is 0 Å². The van der Waals surface area contributed by atoms with Gasteiger partial charge < -0.3 is 15.5 Å². The molecule has 3 N–H and O–H groups in total. The van der Waals surface area contributed by atoms with Gasteiger partial charge in [-0.1, -0.05) is 30.3 Å². The highest BCUT2D eigenvalue weighted by atomic mass is 16.3. The molecule has 1 aromatic rings. The van der Waals surface area contributed by atoms with Crippen LogP contribution >= 0.6 is 0 Å². The lowest BCUT2D eigenvalue weighted by Crippen LogP contribution is -2.46. The van der Waals surface area contributed by atoms with E-state index in [0.717, 1.165) is 0 Å². The predicted molar refractivity (Wildman–Crippen MR) is 69.9 cm³/mol. The Bertz CT molecular complexity index is 384. The molecule has 2 atom stereocenters. The number of aliphatic hydroxyl groups excluding tert-OH is 2. The lowest BCUT2D eigenvalue weighted by Gasteiger charge is -2.23. The number of hydrogen-bond acceptors (Lipinski definition) is 3. The van der Waals surface area contributed by atoms with E-state index < -0.39 is 23.7 Å². The van der Waals surface area contributed by atoms with Gasteiger partial charge in [-0.05, 0) is 26.3 Å². The van der Waals surface area contributed by atoms with Crippen molar-refractivity contribution < 1.29 is 15.0 Å². The third-order valence-corrected chi connectivity index (χ3v) is 2.43. The van der Waals surface area contributed by atoms with Crippen molar-refractivity contribution in [2.75, 3.05) is 0 Å². The Morgan fingerprint density at radius 2 is 1.78 bits per heavy atom. The molecule has 0 aliphatic heterocycles. The topological polar surface area (TPSA) is 69.6 Å².